The Kier molecular flexibility index (Phi) is 4.85. The second-order valence-electron chi connectivity index (χ2n) is 6.65. The van der Waals surface area contributed by atoms with Gasteiger partial charge in [0.25, 0.3) is 0 Å². The number of carbonyl (C=O) groups excluding carboxylic acids is 1. The molecule has 4 aromatic rings. The zero-order valence-electron chi connectivity index (χ0n) is 16.0. The first-order valence-corrected chi connectivity index (χ1v) is 10.3. The highest BCUT2D eigenvalue weighted by Crippen LogP contribution is 2.26. The molecular weight excluding hydrogens is 356 g/mol. The molecule has 5 nitrogen and oxygen atoms in total. The van der Waals surface area contributed by atoms with E-state index < -0.39 is 0 Å². The highest BCUT2D eigenvalue weighted by atomic mass is 32.1. The number of benzene rings is 1. The van der Waals surface area contributed by atoms with Gasteiger partial charge in [0.2, 0.25) is 11.6 Å². The van der Waals surface area contributed by atoms with Crippen molar-refractivity contribution in [1.82, 2.24) is 18.9 Å². The van der Waals surface area contributed by atoms with Crippen molar-refractivity contribution in [2.24, 2.45) is 0 Å². The Morgan fingerprint density at radius 2 is 1.85 bits per heavy atom. The van der Waals surface area contributed by atoms with Crippen LogP contribution in [0.25, 0.3) is 16.8 Å². The van der Waals surface area contributed by atoms with Crippen LogP contribution in [0.2, 0.25) is 0 Å². The van der Waals surface area contributed by atoms with Crippen molar-refractivity contribution in [3.8, 4) is 0 Å². The molecule has 0 N–H and O–H groups in total. The number of rotatable bonds is 7. The molecular formula is C21H24N4OS. The third kappa shape index (κ3) is 2.99. The van der Waals surface area contributed by atoms with Gasteiger partial charge in [0.1, 0.15) is 5.69 Å². The molecule has 0 fully saturated rings. The van der Waals surface area contributed by atoms with Gasteiger partial charge in [-0.1, -0.05) is 32.0 Å². The topological polar surface area (TPSA) is 42.5 Å². The minimum absolute atomic E-state index is 0.0432. The Balaban J connectivity index is 1.89. The summed E-state index contributed by atoms with van der Waals surface area (Å²) in [7, 11) is 0. The minimum atomic E-state index is 0.0432. The summed E-state index contributed by atoms with van der Waals surface area (Å²) in [5.41, 5.74) is 3.61. The predicted octanol–water partition coefficient (Wildman–Crippen LogP) is 4.23. The minimum Gasteiger partial charge on any atom is -0.308 e. The van der Waals surface area contributed by atoms with Crippen LogP contribution in [-0.4, -0.2) is 44.3 Å². The third-order valence-corrected chi connectivity index (χ3v) is 6.05. The lowest BCUT2D eigenvalue weighted by Gasteiger charge is -2.18. The van der Waals surface area contributed by atoms with E-state index in [1.165, 1.54) is 11.3 Å². The van der Waals surface area contributed by atoms with E-state index in [9.17, 15) is 4.79 Å². The molecule has 0 aliphatic carbocycles. The van der Waals surface area contributed by atoms with E-state index in [0.717, 1.165) is 53.6 Å². The molecule has 140 valence electrons. The van der Waals surface area contributed by atoms with E-state index in [4.69, 9.17) is 4.98 Å². The molecule has 0 saturated carbocycles. The fraction of sp³-hybridized carbons (Fsp3) is 0.333. The summed E-state index contributed by atoms with van der Waals surface area (Å²) in [6.07, 6.45) is 0. The number of carbonyl (C=O) groups is 1. The SMILES string of the molecule is CCN(CC)CCn1c2ccccc2n2c(C(=O)c3cccs3)c(C)nc12. The van der Waals surface area contributed by atoms with Crippen molar-refractivity contribution in [2.45, 2.75) is 27.3 Å². The number of aryl methyl sites for hydroxylation is 1. The second-order valence-corrected chi connectivity index (χ2v) is 7.60. The number of ketones is 1. The van der Waals surface area contributed by atoms with Gasteiger partial charge in [-0.05, 0) is 43.6 Å². The van der Waals surface area contributed by atoms with Gasteiger partial charge in [-0.3, -0.25) is 9.20 Å². The summed E-state index contributed by atoms with van der Waals surface area (Å²) < 4.78 is 4.28. The number of nitrogens with zero attached hydrogens (tertiary/aromatic N) is 4. The van der Waals surface area contributed by atoms with Crippen LogP contribution in [0, 0.1) is 6.92 Å². The van der Waals surface area contributed by atoms with Gasteiger partial charge in [-0.2, -0.15) is 0 Å². The molecule has 0 saturated heterocycles. The maximum Gasteiger partial charge on any atom is 0.221 e. The van der Waals surface area contributed by atoms with E-state index >= 15 is 0 Å². The summed E-state index contributed by atoms with van der Waals surface area (Å²) in [5, 5.41) is 1.94. The number of thiophene rings is 1. The van der Waals surface area contributed by atoms with Gasteiger partial charge >= 0.3 is 0 Å². The average Bonchev–Trinajstić information content (AvgIpc) is 3.38. The van der Waals surface area contributed by atoms with E-state index in [-0.39, 0.29) is 5.78 Å². The molecule has 1 aromatic carbocycles. The fourth-order valence-electron chi connectivity index (χ4n) is 3.71. The largest absolute Gasteiger partial charge is 0.308 e. The number of hydrogen-bond acceptors (Lipinski definition) is 4. The Morgan fingerprint density at radius 3 is 2.52 bits per heavy atom. The number of aromatic nitrogens is 3. The summed E-state index contributed by atoms with van der Waals surface area (Å²) in [5.74, 6) is 0.891. The van der Waals surface area contributed by atoms with Crippen LogP contribution in [-0.2, 0) is 6.54 Å². The van der Waals surface area contributed by atoms with E-state index in [0.29, 0.717) is 5.69 Å². The van der Waals surface area contributed by atoms with Gasteiger partial charge in [0.15, 0.2) is 0 Å². The van der Waals surface area contributed by atoms with Gasteiger partial charge in [-0.25, -0.2) is 4.98 Å². The van der Waals surface area contributed by atoms with Crippen LogP contribution in [0.15, 0.2) is 41.8 Å². The average molecular weight is 381 g/mol. The van der Waals surface area contributed by atoms with Crippen LogP contribution in [0.4, 0.5) is 0 Å². The molecule has 0 bridgehead atoms. The van der Waals surface area contributed by atoms with Crippen LogP contribution in [0.5, 0.6) is 0 Å². The highest BCUT2D eigenvalue weighted by molar-refractivity contribution is 7.12. The number of imidazole rings is 2. The molecule has 3 aromatic heterocycles. The maximum absolute atomic E-state index is 13.1. The van der Waals surface area contributed by atoms with Crippen LogP contribution in [0.3, 0.4) is 0 Å². The first-order chi connectivity index (χ1) is 13.2. The van der Waals surface area contributed by atoms with Crippen LogP contribution >= 0.6 is 11.3 Å². The summed E-state index contributed by atoms with van der Waals surface area (Å²) in [4.78, 5) is 21.1. The standard InChI is InChI=1S/C21H24N4OS/c1-4-23(5-2)12-13-24-16-9-6-7-10-17(16)25-19(15(3)22-21(24)25)20(26)18-11-8-14-27-18/h6-11,14H,4-5,12-13H2,1-3H3. The van der Waals surface area contributed by atoms with Crippen molar-refractivity contribution in [3.63, 3.8) is 0 Å². The number of likely N-dealkylation sites (N-methyl/N-ethyl adjacent to an activating group) is 1. The Hall–Kier alpha value is -2.44. The molecule has 0 spiro atoms. The molecule has 0 radical (unpaired) electrons. The van der Waals surface area contributed by atoms with Gasteiger partial charge in [0, 0.05) is 13.1 Å². The monoisotopic (exact) mass is 380 g/mol. The summed E-state index contributed by atoms with van der Waals surface area (Å²) in [6.45, 7) is 10.2. The van der Waals surface area contributed by atoms with E-state index in [2.05, 4.69) is 35.4 Å². The molecule has 0 unspecified atom stereocenters. The molecule has 3 heterocycles. The predicted molar refractivity (Wildman–Crippen MR) is 111 cm³/mol. The molecule has 0 atom stereocenters. The molecule has 6 heteroatoms. The molecule has 27 heavy (non-hydrogen) atoms. The number of fused-ring (bicyclic) bond motifs is 3. The summed E-state index contributed by atoms with van der Waals surface area (Å²) >= 11 is 1.47. The maximum atomic E-state index is 13.1. The van der Waals surface area contributed by atoms with Crippen molar-refractivity contribution in [3.05, 3.63) is 58.0 Å². The first kappa shape index (κ1) is 17.9. The van der Waals surface area contributed by atoms with E-state index in [1.54, 1.807) is 0 Å². The Labute approximate surface area is 162 Å². The third-order valence-electron chi connectivity index (χ3n) is 5.18. The van der Waals surface area contributed by atoms with Gasteiger partial charge < -0.3 is 9.47 Å². The highest BCUT2D eigenvalue weighted by Gasteiger charge is 2.24. The molecule has 4 rings (SSSR count). The zero-order chi connectivity index (χ0) is 19.0. The van der Waals surface area contributed by atoms with Crippen molar-refractivity contribution in [1.29, 1.82) is 0 Å². The first-order valence-electron chi connectivity index (χ1n) is 9.42. The smallest absolute Gasteiger partial charge is 0.221 e. The normalized spacial score (nSPS) is 11.9. The quantitative estimate of drug-likeness (QED) is 0.451. The molecule has 0 amide bonds. The lowest BCUT2D eigenvalue weighted by Crippen LogP contribution is -2.27. The van der Waals surface area contributed by atoms with Crippen LogP contribution < -0.4 is 0 Å². The summed E-state index contributed by atoms with van der Waals surface area (Å²) in [6, 6.07) is 12.0. The van der Waals surface area contributed by atoms with E-state index in [1.807, 2.05) is 41.0 Å². The van der Waals surface area contributed by atoms with Gasteiger partial charge in [-0.15, -0.1) is 11.3 Å². The van der Waals surface area contributed by atoms with Crippen molar-refractivity contribution >= 4 is 33.9 Å². The number of hydrogen-bond donors (Lipinski definition) is 0. The van der Waals surface area contributed by atoms with Crippen molar-refractivity contribution < 1.29 is 4.79 Å². The second kappa shape index (κ2) is 7.29. The molecule has 0 aliphatic rings. The Bertz CT molecular complexity index is 1090. The lowest BCUT2D eigenvalue weighted by molar-refractivity contribution is 0.103. The lowest BCUT2D eigenvalue weighted by atomic mass is 10.2. The van der Waals surface area contributed by atoms with Crippen LogP contribution in [0.1, 0.15) is 34.9 Å². The molecule has 0 aliphatic heterocycles. The zero-order valence-corrected chi connectivity index (χ0v) is 16.8. The van der Waals surface area contributed by atoms with Crippen molar-refractivity contribution in [2.75, 3.05) is 19.6 Å². The number of para-hydroxylation sites is 2. The van der Waals surface area contributed by atoms with Gasteiger partial charge in [0.05, 0.1) is 21.6 Å². The fourth-order valence-corrected chi connectivity index (χ4v) is 4.37. The Morgan fingerprint density at radius 1 is 1.11 bits per heavy atom.